The smallest absolute Gasteiger partial charge is 0.151 e. The molecule has 0 radical (unpaired) electrons. The second kappa shape index (κ2) is 6.75. The summed E-state index contributed by atoms with van der Waals surface area (Å²) in [5, 5.41) is 11.8. The highest BCUT2D eigenvalue weighted by Gasteiger charge is 2.27. The molecule has 0 aliphatic carbocycles. The summed E-state index contributed by atoms with van der Waals surface area (Å²) < 4.78 is 5.36. The van der Waals surface area contributed by atoms with E-state index >= 15 is 0 Å². The van der Waals surface area contributed by atoms with Crippen molar-refractivity contribution in [1.29, 1.82) is 0 Å². The van der Waals surface area contributed by atoms with Crippen molar-refractivity contribution in [3.05, 3.63) is 47.7 Å². The highest BCUT2D eigenvalue weighted by Crippen LogP contribution is 2.22. The van der Waals surface area contributed by atoms with Crippen LogP contribution in [-0.4, -0.2) is 36.9 Å². The molecule has 1 fully saturated rings. The molecule has 5 heteroatoms. The molecule has 1 N–H and O–H groups in total. The second-order valence-electron chi connectivity index (χ2n) is 5.75. The third kappa shape index (κ3) is 3.36. The Hall–Kier alpha value is -2.14. The molecule has 0 amide bonds. The van der Waals surface area contributed by atoms with Gasteiger partial charge < -0.3 is 15.0 Å². The van der Waals surface area contributed by atoms with E-state index in [0.717, 1.165) is 43.4 Å². The maximum atomic E-state index is 5.36. The van der Waals surface area contributed by atoms with Gasteiger partial charge in [-0.05, 0) is 25.1 Å². The van der Waals surface area contributed by atoms with E-state index in [-0.39, 0.29) is 0 Å². The van der Waals surface area contributed by atoms with Crippen molar-refractivity contribution < 1.29 is 4.74 Å². The van der Waals surface area contributed by atoms with Crippen LogP contribution in [0.2, 0.25) is 0 Å². The molecular formula is C17H22N4O. The van der Waals surface area contributed by atoms with Gasteiger partial charge in [0.1, 0.15) is 5.75 Å². The van der Waals surface area contributed by atoms with Crippen molar-refractivity contribution in [2.45, 2.75) is 13.5 Å². The molecule has 22 heavy (non-hydrogen) atoms. The van der Waals surface area contributed by atoms with Gasteiger partial charge in [-0.15, -0.1) is 5.10 Å². The van der Waals surface area contributed by atoms with E-state index < -0.39 is 0 Å². The Labute approximate surface area is 131 Å². The minimum atomic E-state index is 0.665. The van der Waals surface area contributed by atoms with Gasteiger partial charge in [0.15, 0.2) is 5.82 Å². The van der Waals surface area contributed by atoms with Crippen LogP contribution in [0.1, 0.15) is 11.3 Å². The zero-order valence-electron chi connectivity index (χ0n) is 13.1. The molecule has 0 spiro atoms. The number of benzene rings is 1. The molecule has 0 unspecified atom stereocenters. The number of hydrogen-bond donors (Lipinski definition) is 1. The predicted molar refractivity (Wildman–Crippen MR) is 87.2 cm³/mol. The minimum Gasteiger partial charge on any atom is -0.496 e. The van der Waals surface area contributed by atoms with E-state index in [0.29, 0.717) is 5.92 Å². The lowest BCUT2D eigenvalue weighted by Gasteiger charge is -2.40. The van der Waals surface area contributed by atoms with Gasteiger partial charge in [0.25, 0.3) is 0 Å². The Bertz CT molecular complexity index is 608. The van der Waals surface area contributed by atoms with Gasteiger partial charge in [-0.3, -0.25) is 0 Å². The second-order valence-corrected chi connectivity index (χ2v) is 5.75. The number of methoxy groups -OCH3 is 1. The van der Waals surface area contributed by atoms with Gasteiger partial charge in [0, 0.05) is 37.7 Å². The van der Waals surface area contributed by atoms with Crippen LogP contribution >= 0.6 is 0 Å². The third-order valence-corrected chi connectivity index (χ3v) is 4.01. The standard InChI is InChI=1S/C17H22N4O/c1-13-7-8-17(20-19-13)21-11-14(12-21)9-18-10-15-5-3-4-6-16(15)22-2/h3-8,14,18H,9-12H2,1-2H3. The number of para-hydroxylation sites is 1. The average Bonchev–Trinajstić information content (AvgIpc) is 2.51. The fourth-order valence-corrected chi connectivity index (χ4v) is 2.71. The van der Waals surface area contributed by atoms with Crippen molar-refractivity contribution in [3.63, 3.8) is 0 Å². The van der Waals surface area contributed by atoms with Crippen molar-refractivity contribution in [3.8, 4) is 5.75 Å². The summed E-state index contributed by atoms with van der Waals surface area (Å²) in [6.07, 6.45) is 0. The fourth-order valence-electron chi connectivity index (χ4n) is 2.71. The van der Waals surface area contributed by atoms with E-state index in [2.05, 4.69) is 26.5 Å². The predicted octanol–water partition coefficient (Wildman–Crippen LogP) is 2.02. The third-order valence-electron chi connectivity index (χ3n) is 4.01. The molecule has 116 valence electrons. The van der Waals surface area contributed by atoms with Gasteiger partial charge in [0.05, 0.1) is 12.8 Å². The first-order valence-electron chi connectivity index (χ1n) is 7.64. The van der Waals surface area contributed by atoms with Gasteiger partial charge in [-0.25, -0.2) is 0 Å². The van der Waals surface area contributed by atoms with Crippen molar-refractivity contribution in [1.82, 2.24) is 15.5 Å². The lowest BCUT2D eigenvalue weighted by Crippen LogP contribution is -2.51. The molecule has 5 nitrogen and oxygen atoms in total. The Morgan fingerprint density at radius 1 is 1.18 bits per heavy atom. The van der Waals surface area contributed by atoms with Crippen LogP contribution in [0.15, 0.2) is 36.4 Å². The summed E-state index contributed by atoms with van der Waals surface area (Å²) in [5.74, 6) is 2.59. The van der Waals surface area contributed by atoms with Crippen LogP contribution in [0.4, 0.5) is 5.82 Å². The van der Waals surface area contributed by atoms with Crippen LogP contribution in [-0.2, 0) is 6.54 Å². The van der Waals surface area contributed by atoms with Crippen molar-refractivity contribution in [2.75, 3.05) is 31.6 Å². The maximum Gasteiger partial charge on any atom is 0.151 e. The summed E-state index contributed by atoms with van der Waals surface area (Å²) in [7, 11) is 1.71. The van der Waals surface area contributed by atoms with Gasteiger partial charge >= 0.3 is 0 Å². The summed E-state index contributed by atoms with van der Waals surface area (Å²) in [6, 6.07) is 12.2. The lowest BCUT2D eigenvalue weighted by atomic mass is 10.00. The molecule has 1 aliphatic rings. The lowest BCUT2D eigenvalue weighted by molar-refractivity contribution is 0.376. The van der Waals surface area contributed by atoms with Crippen molar-refractivity contribution in [2.24, 2.45) is 5.92 Å². The van der Waals surface area contributed by atoms with Crippen LogP contribution in [0.25, 0.3) is 0 Å². The van der Waals surface area contributed by atoms with E-state index in [9.17, 15) is 0 Å². The van der Waals surface area contributed by atoms with Gasteiger partial charge in [0.2, 0.25) is 0 Å². The molecule has 2 heterocycles. The molecule has 0 saturated carbocycles. The summed E-state index contributed by atoms with van der Waals surface area (Å²) in [6.45, 7) is 5.88. The summed E-state index contributed by atoms with van der Waals surface area (Å²) >= 11 is 0. The number of rotatable bonds is 6. The first-order valence-corrected chi connectivity index (χ1v) is 7.64. The summed E-state index contributed by atoms with van der Waals surface area (Å²) in [4.78, 5) is 2.27. The Morgan fingerprint density at radius 3 is 2.73 bits per heavy atom. The maximum absolute atomic E-state index is 5.36. The molecule has 1 aromatic carbocycles. The summed E-state index contributed by atoms with van der Waals surface area (Å²) in [5.41, 5.74) is 2.16. The topological polar surface area (TPSA) is 50.3 Å². The minimum absolute atomic E-state index is 0.665. The van der Waals surface area contributed by atoms with E-state index in [1.807, 2.05) is 37.3 Å². The van der Waals surface area contributed by atoms with E-state index in [1.165, 1.54) is 5.56 Å². The zero-order valence-corrected chi connectivity index (χ0v) is 13.1. The Morgan fingerprint density at radius 2 is 2.00 bits per heavy atom. The highest BCUT2D eigenvalue weighted by atomic mass is 16.5. The molecule has 0 atom stereocenters. The van der Waals surface area contributed by atoms with Crippen LogP contribution in [0.3, 0.4) is 0 Å². The number of nitrogens with zero attached hydrogens (tertiary/aromatic N) is 3. The highest BCUT2D eigenvalue weighted by molar-refractivity contribution is 5.40. The number of hydrogen-bond acceptors (Lipinski definition) is 5. The molecule has 0 bridgehead atoms. The Balaban J connectivity index is 1.42. The normalized spacial score (nSPS) is 14.7. The number of anilines is 1. The van der Waals surface area contributed by atoms with Gasteiger partial charge in [-0.1, -0.05) is 18.2 Å². The van der Waals surface area contributed by atoms with Gasteiger partial charge in [-0.2, -0.15) is 5.10 Å². The fraction of sp³-hybridized carbons (Fsp3) is 0.412. The largest absolute Gasteiger partial charge is 0.496 e. The number of nitrogens with one attached hydrogen (secondary N) is 1. The molecule has 3 rings (SSSR count). The first-order chi connectivity index (χ1) is 10.8. The Kier molecular flexibility index (Phi) is 4.53. The number of aryl methyl sites for hydroxylation is 1. The number of ether oxygens (including phenoxy) is 1. The van der Waals surface area contributed by atoms with Crippen LogP contribution in [0, 0.1) is 12.8 Å². The first kappa shape index (κ1) is 14.8. The zero-order chi connectivity index (χ0) is 15.4. The molecule has 2 aromatic rings. The van der Waals surface area contributed by atoms with Crippen LogP contribution in [0.5, 0.6) is 5.75 Å². The van der Waals surface area contributed by atoms with Crippen molar-refractivity contribution >= 4 is 5.82 Å². The quantitative estimate of drug-likeness (QED) is 0.884. The molecular weight excluding hydrogens is 276 g/mol. The SMILES string of the molecule is COc1ccccc1CNCC1CN(c2ccc(C)nn2)C1. The molecule has 1 aromatic heterocycles. The number of aromatic nitrogens is 2. The van der Waals surface area contributed by atoms with E-state index in [4.69, 9.17) is 4.74 Å². The molecule has 1 aliphatic heterocycles. The monoisotopic (exact) mass is 298 g/mol. The average molecular weight is 298 g/mol. The molecule has 1 saturated heterocycles. The van der Waals surface area contributed by atoms with E-state index in [1.54, 1.807) is 7.11 Å². The van der Waals surface area contributed by atoms with Crippen LogP contribution < -0.4 is 15.0 Å².